The van der Waals surface area contributed by atoms with Gasteiger partial charge in [0, 0.05) is 6.54 Å². The van der Waals surface area contributed by atoms with Gasteiger partial charge in [-0.1, -0.05) is 29.3 Å². The summed E-state index contributed by atoms with van der Waals surface area (Å²) >= 11 is 11.9. The number of halogens is 2. The molecule has 3 aromatic rings. The van der Waals surface area contributed by atoms with Crippen molar-refractivity contribution in [2.45, 2.75) is 26.1 Å². The number of nitrogens with zero attached hydrogens (tertiary/aromatic N) is 3. The SMILES string of the molecule is CC(O)Cn1ncc2nc(NCc3ccc(Cl)c(Cl)c3)[nH]c(=O)c21. The molecule has 3 rings (SSSR count). The van der Waals surface area contributed by atoms with E-state index >= 15 is 0 Å². The molecule has 0 radical (unpaired) electrons. The molecule has 0 aliphatic rings. The van der Waals surface area contributed by atoms with E-state index in [2.05, 4.69) is 20.4 Å². The first-order chi connectivity index (χ1) is 11.4. The Morgan fingerprint density at radius 3 is 2.88 bits per heavy atom. The minimum atomic E-state index is -0.611. The molecule has 0 bridgehead atoms. The Hall–Kier alpha value is -2.09. The van der Waals surface area contributed by atoms with Gasteiger partial charge in [-0.25, -0.2) is 4.98 Å². The summed E-state index contributed by atoms with van der Waals surface area (Å²) in [7, 11) is 0. The molecule has 0 spiro atoms. The third-order valence-corrected chi connectivity index (χ3v) is 4.12. The normalized spacial score (nSPS) is 12.5. The molecule has 0 saturated carbocycles. The van der Waals surface area contributed by atoms with Crippen molar-refractivity contribution < 1.29 is 5.11 Å². The Morgan fingerprint density at radius 1 is 1.38 bits per heavy atom. The third-order valence-electron chi connectivity index (χ3n) is 3.38. The molecule has 7 nitrogen and oxygen atoms in total. The van der Waals surface area contributed by atoms with E-state index in [1.807, 2.05) is 6.07 Å². The molecule has 1 atom stereocenters. The lowest BCUT2D eigenvalue weighted by atomic mass is 10.2. The van der Waals surface area contributed by atoms with E-state index < -0.39 is 6.10 Å². The summed E-state index contributed by atoms with van der Waals surface area (Å²) in [5, 5.41) is 17.5. The topological polar surface area (TPSA) is 95.8 Å². The maximum Gasteiger partial charge on any atom is 0.278 e. The molecule has 0 aliphatic carbocycles. The number of aliphatic hydroxyl groups is 1. The maximum atomic E-state index is 12.3. The van der Waals surface area contributed by atoms with Crippen LogP contribution >= 0.6 is 23.2 Å². The Labute approximate surface area is 147 Å². The van der Waals surface area contributed by atoms with Crippen LogP contribution in [0.1, 0.15) is 12.5 Å². The second kappa shape index (κ2) is 6.80. The molecule has 0 saturated heterocycles. The Morgan fingerprint density at radius 2 is 2.17 bits per heavy atom. The minimum Gasteiger partial charge on any atom is -0.391 e. The number of aromatic nitrogens is 4. The van der Waals surface area contributed by atoms with Gasteiger partial charge in [0.15, 0.2) is 5.52 Å². The largest absolute Gasteiger partial charge is 0.391 e. The quantitative estimate of drug-likeness (QED) is 0.643. The first-order valence-electron chi connectivity index (χ1n) is 7.25. The molecular formula is C15H15Cl2N5O2. The highest BCUT2D eigenvalue weighted by Crippen LogP contribution is 2.22. The standard InChI is InChI=1S/C15H15Cl2N5O2/c1-8(23)7-22-13-12(6-19-22)20-15(21-14(13)24)18-5-9-2-3-10(16)11(17)4-9/h2-4,6,8,23H,5,7H2,1H3,(H2,18,20,21,24). The molecule has 2 aromatic heterocycles. The molecule has 2 heterocycles. The smallest absolute Gasteiger partial charge is 0.278 e. The fourth-order valence-electron chi connectivity index (χ4n) is 2.31. The van der Waals surface area contributed by atoms with Crippen molar-refractivity contribution in [2.75, 3.05) is 5.32 Å². The monoisotopic (exact) mass is 367 g/mol. The van der Waals surface area contributed by atoms with Crippen LogP contribution in [0.3, 0.4) is 0 Å². The number of hydrogen-bond donors (Lipinski definition) is 3. The van der Waals surface area contributed by atoms with E-state index in [0.717, 1.165) is 5.56 Å². The van der Waals surface area contributed by atoms with E-state index in [9.17, 15) is 9.90 Å². The van der Waals surface area contributed by atoms with E-state index in [4.69, 9.17) is 23.2 Å². The van der Waals surface area contributed by atoms with Gasteiger partial charge in [0.25, 0.3) is 5.56 Å². The molecule has 9 heteroatoms. The third kappa shape index (κ3) is 3.53. The number of nitrogens with one attached hydrogen (secondary N) is 2. The van der Waals surface area contributed by atoms with Crippen molar-refractivity contribution >= 4 is 40.2 Å². The number of benzene rings is 1. The van der Waals surface area contributed by atoms with E-state index in [0.29, 0.717) is 33.6 Å². The molecule has 1 aromatic carbocycles. The zero-order valence-electron chi connectivity index (χ0n) is 12.8. The molecular weight excluding hydrogens is 353 g/mol. The first kappa shape index (κ1) is 16.8. The second-order valence-corrected chi connectivity index (χ2v) is 6.24. The van der Waals surface area contributed by atoms with Crippen molar-refractivity contribution in [3.8, 4) is 0 Å². The van der Waals surface area contributed by atoms with Crippen molar-refractivity contribution in [2.24, 2.45) is 0 Å². The number of hydrogen-bond acceptors (Lipinski definition) is 5. The highest BCUT2D eigenvalue weighted by molar-refractivity contribution is 6.42. The molecule has 126 valence electrons. The van der Waals surface area contributed by atoms with E-state index in [1.165, 1.54) is 10.9 Å². The zero-order valence-corrected chi connectivity index (χ0v) is 14.3. The van der Waals surface area contributed by atoms with Crippen molar-refractivity contribution in [1.82, 2.24) is 19.7 Å². The number of fused-ring (bicyclic) bond motifs is 1. The first-order valence-corrected chi connectivity index (χ1v) is 8.01. The lowest BCUT2D eigenvalue weighted by Crippen LogP contribution is -2.19. The van der Waals surface area contributed by atoms with Crippen LogP contribution in [0.25, 0.3) is 11.0 Å². The van der Waals surface area contributed by atoms with Gasteiger partial charge in [-0.3, -0.25) is 14.5 Å². The highest BCUT2D eigenvalue weighted by atomic mass is 35.5. The maximum absolute atomic E-state index is 12.3. The summed E-state index contributed by atoms with van der Waals surface area (Å²) < 4.78 is 1.44. The van der Waals surface area contributed by atoms with Gasteiger partial charge >= 0.3 is 0 Å². The summed E-state index contributed by atoms with van der Waals surface area (Å²) in [6.07, 6.45) is 0.886. The van der Waals surface area contributed by atoms with Crippen LogP contribution in [0, 0.1) is 0 Å². The van der Waals surface area contributed by atoms with Crippen LogP contribution in [-0.2, 0) is 13.1 Å². The molecule has 0 amide bonds. The summed E-state index contributed by atoms with van der Waals surface area (Å²) in [5.74, 6) is 0.329. The Bertz CT molecular complexity index is 935. The van der Waals surface area contributed by atoms with Gasteiger partial charge in [-0.05, 0) is 24.6 Å². The van der Waals surface area contributed by atoms with Gasteiger partial charge in [-0.15, -0.1) is 0 Å². The van der Waals surface area contributed by atoms with Gasteiger partial charge in [0.05, 0.1) is 28.9 Å². The lowest BCUT2D eigenvalue weighted by Gasteiger charge is -2.08. The predicted octanol–water partition coefficient (Wildman–Crippen LogP) is 2.42. The molecule has 24 heavy (non-hydrogen) atoms. The number of aromatic amines is 1. The van der Waals surface area contributed by atoms with Crippen LogP contribution in [0.15, 0.2) is 29.2 Å². The predicted molar refractivity (Wildman–Crippen MR) is 93.6 cm³/mol. The average Bonchev–Trinajstić information content (AvgIpc) is 2.91. The summed E-state index contributed by atoms with van der Waals surface area (Å²) in [6, 6.07) is 5.28. The number of H-pyrrole nitrogens is 1. The fraction of sp³-hybridized carbons (Fsp3) is 0.267. The van der Waals surface area contributed by atoms with E-state index in [1.54, 1.807) is 19.1 Å². The number of aliphatic hydroxyl groups excluding tert-OH is 1. The van der Waals surface area contributed by atoms with Crippen LogP contribution < -0.4 is 10.9 Å². The van der Waals surface area contributed by atoms with Crippen molar-refractivity contribution in [1.29, 1.82) is 0 Å². The van der Waals surface area contributed by atoms with Crippen LogP contribution in [0.4, 0.5) is 5.95 Å². The number of anilines is 1. The molecule has 1 unspecified atom stereocenters. The summed E-state index contributed by atoms with van der Waals surface area (Å²) in [4.78, 5) is 19.3. The van der Waals surface area contributed by atoms with Gasteiger partial charge in [-0.2, -0.15) is 5.10 Å². The molecule has 0 aliphatic heterocycles. The van der Waals surface area contributed by atoms with Crippen LogP contribution in [0.5, 0.6) is 0 Å². The Balaban J connectivity index is 1.83. The Kier molecular flexibility index (Phi) is 4.75. The van der Waals surface area contributed by atoms with Crippen LogP contribution in [0.2, 0.25) is 10.0 Å². The van der Waals surface area contributed by atoms with Gasteiger partial charge < -0.3 is 10.4 Å². The second-order valence-electron chi connectivity index (χ2n) is 5.43. The zero-order chi connectivity index (χ0) is 17.3. The molecule has 0 fully saturated rings. The van der Waals surface area contributed by atoms with Crippen molar-refractivity contribution in [3.63, 3.8) is 0 Å². The van der Waals surface area contributed by atoms with Crippen molar-refractivity contribution in [3.05, 3.63) is 50.4 Å². The van der Waals surface area contributed by atoms with E-state index in [-0.39, 0.29) is 12.1 Å². The van der Waals surface area contributed by atoms with Gasteiger partial charge in [0.1, 0.15) is 5.52 Å². The lowest BCUT2D eigenvalue weighted by molar-refractivity contribution is 0.170. The van der Waals surface area contributed by atoms with Gasteiger partial charge in [0.2, 0.25) is 5.95 Å². The summed E-state index contributed by atoms with van der Waals surface area (Å²) in [6.45, 7) is 2.28. The average molecular weight is 368 g/mol. The molecule has 3 N–H and O–H groups in total. The summed E-state index contributed by atoms with van der Waals surface area (Å²) in [5.41, 5.74) is 1.36. The highest BCUT2D eigenvalue weighted by Gasteiger charge is 2.12. The minimum absolute atomic E-state index is 0.226. The number of rotatable bonds is 5. The fourth-order valence-corrected chi connectivity index (χ4v) is 2.63. The van der Waals surface area contributed by atoms with Crippen LogP contribution in [-0.4, -0.2) is 31.0 Å².